The van der Waals surface area contributed by atoms with Gasteiger partial charge in [0.25, 0.3) is 0 Å². The number of nitrogen functional groups attached to an aromatic ring is 1. The molecule has 0 aliphatic carbocycles. The Hall–Kier alpha value is -1.36. The Morgan fingerprint density at radius 3 is 2.78 bits per heavy atom. The third-order valence-corrected chi connectivity index (χ3v) is 3.85. The lowest BCUT2D eigenvalue weighted by molar-refractivity contribution is -0.0864. The minimum Gasteiger partial charge on any atom is -0.381 e. The molecule has 1 fully saturated rings. The Kier molecular flexibility index (Phi) is 4.01. The zero-order valence-electron chi connectivity index (χ0n) is 11.1. The summed E-state index contributed by atoms with van der Waals surface area (Å²) in [7, 11) is 0. The van der Waals surface area contributed by atoms with Crippen LogP contribution in [0.15, 0.2) is 12.4 Å². The molecular weight excluding hydrogens is 228 g/mol. The van der Waals surface area contributed by atoms with Gasteiger partial charge in [-0.15, -0.1) is 0 Å². The fraction of sp³-hybridized carbons (Fsp3) is 0.692. The molecule has 18 heavy (non-hydrogen) atoms. The molecule has 0 radical (unpaired) electrons. The molecule has 1 aromatic heterocycles. The van der Waals surface area contributed by atoms with Gasteiger partial charge in [0.2, 0.25) is 0 Å². The van der Waals surface area contributed by atoms with E-state index in [1.807, 2.05) is 0 Å². The average Bonchev–Trinajstić information content (AvgIpc) is 2.41. The molecule has 3 N–H and O–H groups in total. The first kappa shape index (κ1) is 13.1. The van der Waals surface area contributed by atoms with Crippen LogP contribution in [0.4, 0.5) is 11.6 Å². The maximum Gasteiger partial charge on any atom is 0.169 e. The second kappa shape index (κ2) is 5.52. The Morgan fingerprint density at radius 1 is 1.39 bits per heavy atom. The maximum atomic E-state index is 5.95. The summed E-state index contributed by atoms with van der Waals surface area (Å²) in [6.07, 6.45) is 7.32. The van der Waals surface area contributed by atoms with Crippen LogP contribution in [0.2, 0.25) is 0 Å². The number of hydrogen-bond donors (Lipinski definition) is 2. The lowest BCUT2D eigenvalue weighted by Crippen LogP contribution is -2.43. The van der Waals surface area contributed by atoms with Crippen molar-refractivity contribution in [3.63, 3.8) is 0 Å². The van der Waals surface area contributed by atoms with Crippen molar-refractivity contribution >= 4 is 11.6 Å². The van der Waals surface area contributed by atoms with Gasteiger partial charge in [-0.05, 0) is 25.7 Å². The van der Waals surface area contributed by atoms with E-state index in [0.29, 0.717) is 17.7 Å². The molecule has 0 saturated carbocycles. The summed E-state index contributed by atoms with van der Waals surface area (Å²) in [6.45, 7) is 5.16. The van der Waals surface area contributed by atoms with Crippen LogP contribution in [-0.4, -0.2) is 28.2 Å². The Labute approximate surface area is 108 Å². The Bertz CT molecular complexity index is 392. The number of hydrogen-bond acceptors (Lipinski definition) is 5. The number of nitrogens with one attached hydrogen (secondary N) is 1. The molecule has 0 amide bonds. The highest BCUT2D eigenvalue weighted by atomic mass is 16.5. The van der Waals surface area contributed by atoms with Crippen molar-refractivity contribution in [3.05, 3.63) is 12.4 Å². The molecule has 1 aliphatic heterocycles. The van der Waals surface area contributed by atoms with Gasteiger partial charge in [0.15, 0.2) is 11.6 Å². The van der Waals surface area contributed by atoms with Crippen LogP contribution in [0.5, 0.6) is 0 Å². The number of ether oxygens (including phenoxy) is 1. The van der Waals surface area contributed by atoms with Crippen molar-refractivity contribution in [1.82, 2.24) is 9.97 Å². The van der Waals surface area contributed by atoms with Crippen molar-refractivity contribution in [1.29, 1.82) is 0 Å². The van der Waals surface area contributed by atoms with Gasteiger partial charge in [-0.1, -0.05) is 13.8 Å². The van der Waals surface area contributed by atoms with E-state index in [1.54, 1.807) is 12.4 Å². The molecule has 1 aliphatic rings. The van der Waals surface area contributed by atoms with Crippen LogP contribution in [0.25, 0.3) is 0 Å². The van der Waals surface area contributed by atoms with E-state index in [4.69, 9.17) is 10.5 Å². The predicted molar refractivity (Wildman–Crippen MR) is 72.4 cm³/mol. The summed E-state index contributed by atoms with van der Waals surface area (Å²) < 4.78 is 5.95. The SMILES string of the molecule is CCC1(CC)CC(Nc2nccnc2N)CCO1. The molecular formula is C13H22N4O. The largest absolute Gasteiger partial charge is 0.381 e. The summed E-state index contributed by atoms with van der Waals surface area (Å²) in [5.74, 6) is 1.15. The van der Waals surface area contributed by atoms with Gasteiger partial charge in [-0.2, -0.15) is 0 Å². The standard InChI is InChI=1S/C13H22N4O/c1-3-13(4-2)9-10(5-8-18-13)17-12-11(14)15-6-7-16-12/h6-7,10H,3-5,8-9H2,1-2H3,(H2,14,15)(H,16,17). The van der Waals surface area contributed by atoms with Crippen LogP contribution < -0.4 is 11.1 Å². The quantitative estimate of drug-likeness (QED) is 0.857. The molecule has 0 spiro atoms. The molecule has 1 unspecified atom stereocenters. The average molecular weight is 250 g/mol. The molecule has 5 heteroatoms. The van der Waals surface area contributed by atoms with E-state index in [-0.39, 0.29) is 5.60 Å². The van der Waals surface area contributed by atoms with E-state index in [9.17, 15) is 0 Å². The van der Waals surface area contributed by atoms with Gasteiger partial charge >= 0.3 is 0 Å². The zero-order valence-corrected chi connectivity index (χ0v) is 11.1. The monoisotopic (exact) mass is 250 g/mol. The maximum absolute atomic E-state index is 5.95. The van der Waals surface area contributed by atoms with E-state index >= 15 is 0 Å². The lowest BCUT2D eigenvalue weighted by atomic mass is 9.86. The van der Waals surface area contributed by atoms with Crippen molar-refractivity contribution < 1.29 is 4.74 Å². The number of anilines is 2. The summed E-state index contributed by atoms with van der Waals surface area (Å²) in [5.41, 5.74) is 5.81. The molecule has 0 bridgehead atoms. The minimum atomic E-state index is 0.00683. The van der Waals surface area contributed by atoms with E-state index < -0.39 is 0 Å². The normalized spacial score (nSPS) is 22.7. The summed E-state index contributed by atoms with van der Waals surface area (Å²) in [4.78, 5) is 8.28. The van der Waals surface area contributed by atoms with Crippen molar-refractivity contribution in [2.24, 2.45) is 0 Å². The second-order valence-electron chi connectivity index (χ2n) is 4.86. The van der Waals surface area contributed by atoms with Crippen molar-refractivity contribution in [3.8, 4) is 0 Å². The van der Waals surface area contributed by atoms with Gasteiger partial charge in [0.05, 0.1) is 5.60 Å². The molecule has 5 nitrogen and oxygen atoms in total. The number of nitrogens with zero attached hydrogens (tertiary/aromatic N) is 2. The first-order valence-electron chi connectivity index (χ1n) is 6.66. The van der Waals surface area contributed by atoms with Crippen molar-refractivity contribution in [2.45, 2.75) is 51.2 Å². The first-order chi connectivity index (χ1) is 8.69. The molecule has 0 aromatic carbocycles. The highest BCUT2D eigenvalue weighted by Gasteiger charge is 2.34. The van der Waals surface area contributed by atoms with Crippen LogP contribution in [-0.2, 0) is 4.74 Å². The first-order valence-corrected chi connectivity index (χ1v) is 6.66. The number of nitrogens with two attached hydrogens (primary N) is 1. The highest BCUT2D eigenvalue weighted by molar-refractivity contribution is 5.55. The van der Waals surface area contributed by atoms with Crippen LogP contribution in [0, 0.1) is 0 Å². The predicted octanol–water partition coefficient (Wildman–Crippen LogP) is 2.21. The van der Waals surface area contributed by atoms with Gasteiger partial charge in [-0.25, -0.2) is 9.97 Å². The fourth-order valence-corrected chi connectivity index (χ4v) is 2.55. The fourth-order valence-electron chi connectivity index (χ4n) is 2.55. The molecule has 1 atom stereocenters. The van der Waals surface area contributed by atoms with E-state index in [0.717, 1.165) is 32.3 Å². The minimum absolute atomic E-state index is 0.00683. The highest BCUT2D eigenvalue weighted by Crippen LogP contribution is 2.32. The summed E-state index contributed by atoms with van der Waals surface area (Å²) in [6, 6.07) is 0.359. The van der Waals surface area contributed by atoms with E-state index in [1.165, 1.54) is 0 Å². The molecule has 2 rings (SSSR count). The third-order valence-electron chi connectivity index (χ3n) is 3.85. The number of rotatable bonds is 4. The summed E-state index contributed by atoms with van der Waals surface area (Å²) >= 11 is 0. The van der Waals surface area contributed by atoms with Crippen LogP contribution in [0.1, 0.15) is 39.5 Å². The van der Waals surface area contributed by atoms with Crippen molar-refractivity contribution in [2.75, 3.05) is 17.7 Å². The summed E-state index contributed by atoms with van der Waals surface area (Å²) in [5, 5.41) is 3.39. The van der Waals surface area contributed by atoms with Gasteiger partial charge < -0.3 is 15.8 Å². The van der Waals surface area contributed by atoms with Gasteiger partial charge in [0.1, 0.15) is 0 Å². The van der Waals surface area contributed by atoms with Crippen LogP contribution in [0.3, 0.4) is 0 Å². The third kappa shape index (κ3) is 2.72. The Balaban J connectivity index is 2.04. The van der Waals surface area contributed by atoms with Gasteiger partial charge in [-0.3, -0.25) is 0 Å². The smallest absolute Gasteiger partial charge is 0.169 e. The van der Waals surface area contributed by atoms with Gasteiger partial charge in [0, 0.05) is 25.0 Å². The molecule has 1 saturated heterocycles. The zero-order chi connectivity index (χ0) is 13.0. The molecule has 100 valence electrons. The second-order valence-corrected chi connectivity index (χ2v) is 4.86. The number of aromatic nitrogens is 2. The molecule has 2 heterocycles. The Morgan fingerprint density at radius 2 is 2.11 bits per heavy atom. The topological polar surface area (TPSA) is 73.1 Å². The lowest BCUT2D eigenvalue weighted by Gasteiger charge is -2.40. The molecule has 1 aromatic rings. The van der Waals surface area contributed by atoms with Crippen LogP contribution >= 0.6 is 0 Å². The van der Waals surface area contributed by atoms with E-state index in [2.05, 4.69) is 29.1 Å².